The van der Waals surface area contributed by atoms with Gasteiger partial charge in [-0.25, -0.2) is 0 Å². The van der Waals surface area contributed by atoms with Gasteiger partial charge in [-0.05, 0) is 38.5 Å². The Hall–Kier alpha value is -0.240. The van der Waals surface area contributed by atoms with E-state index in [0.29, 0.717) is 23.7 Å². The fourth-order valence-electron chi connectivity index (χ4n) is 3.48. The summed E-state index contributed by atoms with van der Waals surface area (Å²) in [5.41, 5.74) is 0. The Morgan fingerprint density at radius 3 is 2.33 bits per heavy atom. The van der Waals surface area contributed by atoms with Crippen molar-refractivity contribution in [3.8, 4) is 0 Å². The van der Waals surface area contributed by atoms with E-state index in [1.54, 1.807) is 0 Å². The second-order valence-corrected chi connectivity index (χ2v) is 6.23. The zero-order chi connectivity index (χ0) is 12.8. The summed E-state index contributed by atoms with van der Waals surface area (Å²) >= 11 is 5.88. The third kappa shape index (κ3) is 3.63. The van der Waals surface area contributed by atoms with Crippen LogP contribution in [0.15, 0.2) is 0 Å². The lowest BCUT2D eigenvalue weighted by Gasteiger charge is -2.37. The van der Waals surface area contributed by atoms with Gasteiger partial charge in [-0.3, -0.25) is 4.79 Å². The number of amides is 1. The van der Waals surface area contributed by atoms with Gasteiger partial charge in [0.2, 0.25) is 5.91 Å². The molecule has 2 fully saturated rings. The van der Waals surface area contributed by atoms with Gasteiger partial charge < -0.3 is 4.90 Å². The molecule has 0 N–H and O–H groups in total. The van der Waals surface area contributed by atoms with Gasteiger partial charge in [0.15, 0.2) is 0 Å². The highest BCUT2D eigenvalue weighted by Crippen LogP contribution is 2.28. The lowest BCUT2D eigenvalue weighted by molar-refractivity contribution is -0.139. The molecule has 0 radical (unpaired) electrons. The van der Waals surface area contributed by atoms with Crippen molar-refractivity contribution >= 4 is 17.5 Å². The molecule has 1 unspecified atom stereocenters. The number of piperidine rings is 1. The van der Waals surface area contributed by atoms with E-state index >= 15 is 0 Å². The number of hydrogen-bond donors (Lipinski definition) is 0. The van der Waals surface area contributed by atoms with Gasteiger partial charge in [0, 0.05) is 24.4 Å². The fraction of sp³-hybridized carbons (Fsp3) is 0.933. The first-order chi connectivity index (χ1) is 8.83. The molecule has 0 aromatic heterocycles. The molecule has 1 heterocycles. The maximum absolute atomic E-state index is 12.7. The Bertz CT molecular complexity index is 259. The van der Waals surface area contributed by atoms with E-state index < -0.39 is 0 Å². The van der Waals surface area contributed by atoms with E-state index in [1.165, 1.54) is 38.5 Å². The normalized spacial score (nSPS) is 26.9. The summed E-state index contributed by atoms with van der Waals surface area (Å²) in [5.74, 6) is 1.43. The number of hydrogen-bond acceptors (Lipinski definition) is 1. The average molecular weight is 272 g/mol. The fourth-order valence-corrected chi connectivity index (χ4v) is 3.73. The summed E-state index contributed by atoms with van der Waals surface area (Å²) in [7, 11) is 0. The zero-order valence-electron chi connectivity index (χ0n) is 11.4. The maximum Gasteiger partial charge on any atom is 0.225 e. The van der Waals surface area contributed by atoms with Crippen molar-refractivity contribution in [2.75, 3.05) is 12.4 Å². The van der Waals surface area contributed by atoms with Crippen molar-refractivity contribution in [2.24, 2.45) is 5.92 Å². The van der Waals surface area contributed by atoms with E-state index in [1.807, 2.05) is 0 Å². The summed E-state index contributed by atoms with van der Waals surface area (Å²) < 4.78 is 0. The molecule has 2 aliphatic rings. The smallest absolute Gasteiger partial charge is 0.225 e. The van der Waals surface area contributed by atoms with Crippen molar-refractivity contribution in [2.45, 2.75) is 70.3 Å². The topological polar surface area (TPSA) is 20.3 Å². The number of carbonyl (C=O) groups is 1. The van der Waals surface area contributed by atoms with Crippen LogP contribution >= 0.6 is 11.6 Å². The van der Waals surface area contributed by atoms with Crippen LogP contribution in [0.4, 0.5) is 0 Å². The molecule has 1 atom stereocenters. The number of nitrogens with zero attached hydrogens (tertiary/aromatic N) is 1. The maximum atomic E-state index is 12.7. The molecular formula is C15H26ClNO. The van der Waals surface area contributed by atoms with Gasteiger partial charge >= 0.3 is 0 Å². The van der Waals surface area contributed by atoms with E-state index in [0.717, 1.165) is 32.2 Å². The molecule has 18 heavy (non-hydrogen) atoms. The van der Waals surface area contributed by atoms with Gasteiger partial charge in [0.1, 0.15) is 0 Å². The summed E-state index contributed by atoms with van der Waals surface area (Å²) in [6.45, 7) is 0.969. The Balaban J connectivity index is 1.95. The third-order valence-electron chi connectivity index (χ3n) is 4.56. The van der Waals surface area contributed by atoms with E-state index in [4.69, 9.17) is 11.6 Å². The minimum atomic E-state index is 0.309. The molecule has 1 aliphatic heterocycles. The van der Waals surface area contributed by atoms with Gasteiger partial charge in [0.05, 0.1) is 0 Å². The molecule has 1 aliphatic carbocycles. The minimum Gasteiger partial charge on any atom is -0.339 e. The first kappa shape index (κ1) is 14.2. The van der Waals surface area contributed by atoms with Crippen LogP contribution in [0.1, 0.15) is 64.2 Å². The quantitative estimate of drug-likeness (QED) is 0.562. The molecule has 0 spiro atoms. The van der Waals surface area contributed by atoms with Crippen LogP contribution < -0.4 is 0 Å². The molecule has 104 valence electrons. The Morgan fingerprint density at radius 2 is 1.67 bits per heavy atom. The van der Waals surface area contributed by atoms with Gasteiger partial charge in [-0.15, -0.1) is 11.6 Å². The molecular weight excluding hydrogens is 246 g/mol. The van der Waals surface area contributed by atoms with Crippen molar-refractivity contribution in [3.63, 3.8) is 0 Å². The van der Waals surface area contributed by atoms with Crippen molar-refractivity contribution in [3.05, 3.63) is 0 Å². The van der Waals surface area contributed by atoms with Crippen molar-refractivity contribution in [1.29, 1.82) is 0 Å². The zero-order valence-corrected chi connectivity index (χ0v) is 12.1. The Labute approximate surface area is 116 Å². The molecule has 0 bridgehead atoms. The van der Waals surface area contributed by atoms with Crippen LogP contribution in [0.25, 0.3) is 0 Å². The van der Waals surface area contributed by atoms with Crippen LogP contribution in [0.5, 0.6) is 0 Å². The molecule has 2 nitrogen and oxygen atoms in total. The van der Waals surface area contributed by atoms with Gasteiger partial charge in [-0.1, -0.05) is 25.7 Å². The number of rotatable bonds is 3. The minimum absolute atomic E-state index is 0.309. The molecule has 1 amide bonds. The molecule has 1 saturated carbocycles. The van der Waals surface area contributed by atoms with Gasteiger partial charge in [-0.2, -0.15) is 0 Å². The number of halogens is 1. The first-order valence-electron chi connectivity index (χ1n) is 7.69. The van der Waals surface area contributed by atoms with E-state index in [9.17, 15) is 4.79 Å². The molecule has 3 heteroatoms. The van der Waals surface area contributed by atoms with Crippen LogP contribution in [-0.2, 0) is 4.79 Å². The average Bonchev–Trinajstić information content (AvgIpc) is 2.68. The molecule has 0 aromatic carbocycles. The van der Waals surface area contributed by atoms with Crippen LogP contribution in [-0.4, -0.2) is 29.3 Å². The molecule has 0 aromatic rings. The highest BCUT2D eigenvalue weighted by atomic mass is 35.5. The second kappa shape index (κ2) is 7.37. The predicted octanol–water partition coefficient (Wildman–Crippen LogP) is 3.97. The Morgan fingerprint density at radius 1 is 1.00 bits per heavy atom. The summed E-state index contributed by atoms with van der Waals surface area (Å²) in [4.78, 5) is 14.8. The summed E-state index contributed by atoms with van der Waals surface area (Å²) in [6.07, 6.45) is 11.9. The highest BCUT2D eigenvalue weighted by molar-refractivity contribution is 6.17. The number of alkyl halides is 1. The Kier molecular flexibility index (Phi) is 5.81. The van der Waals surface area contributed by atoms with Crippen LogP contribution in [0, 0.1) is 5.92 Å². The summed E-state index contributed by atoms with van der Waals surface area (Å²) in [6, 6.07) is 0.423. The first-order valence-corrected chi connectivity index (χ1v) is 8.23. The summed E-state index contributed by atoms with van der Waals surface area (Å²) in [5, 5.41) is 0. The largest absolute Gasteiger partial charge is 0.339 e. The standard InChI is InChI=1S/C15H26ClNO/c16-11-10-14-9-5-6-12-17(14)15(18)13-7-3-1-2-4-8-13/h13-14H,1-12H2. The third-order valence-corrected chi connectivity index (χ3v) is 4.78. The highest BCUT2D eigenvalue weighted by Gasteiger charge is 2.31. The lowest BCUT2D eigenvalue weighted by atomic mass is 9.94. The van der Waals surface area contributed by atoms with E-state index in [-0.39, 0.29) is 0 Å². The lowest BCUT2D eigenvalue weighted by Crippen LogP contribution is -2.46. The molecule has 2 rings (SSSR count). The SMILES string of the molecule is O=C(C1CCCCCC1)N1CCCCC1CCCl. The van der Waals surface area contributed by atoms with Gasteiger partial charge in [0.25, 0.3) is 0 Å². The molecule has 1 saturated heterocycles. The van der Waals surface area contributed by atoms with Crippen molar-refractivity contribution < 1.29 is 4.79 Å². The van der Waals surface area contributed by atoms with E-state index in [2.05, 4.69) is 4.90 Å². The van der Waals surface area contributed by atoms with Crippen LogP contribution in [0.2, 0.25) is 0 Å². The number of carbonyl (C=O) groups excluding carboxylic acids is 1. The predicted molar refractivity (Wildman–Crippen MR) is 75.9 cm³/mol. The monoisotopic (exact) mass is 271 g/mol. The van der Waals surface area contributed by atoms with Crippen molar-refractivity contribution in [1.82, 2.24) is 4.90 Å². The second-order valence-electron chi connectivity index (χ2n) is 5.85. The number of likely N-dealkylation sites (tertiary alicyclic amines) is 1. The van der Waals surface area contributed by atoms with Crippen LogP contribution in [0.3, 0.4) is 0 Å².